The van der Waals surface area contributed by atoms with E-state index in [1.165, 1.54) is 5.56 Å². The van der Waals surface area contributed by atoms with Crippen molar-refractivity contribution in [3.05, 3.63) is 35.2 Å². The molecule has 0 unspecified atom stereocenters. The van der Waals surface area contributed by atoms with Gasteiger partial charge in [-0.2, -0.15) is 0 Å². The quantitative estimate of drug-likeness (QED) is 0.895. The van der Waals surface area contributed by atoms with E-state index in [4.69, 9.17) is 4.42 Å². The molecule has 0 saturated heterocycles. The average molecular weight is 274 g/mol. The Morgan fingerprint density at radius 3 is 2.55 bits per heavy atom. The molecule has 108 valence electrons. The highest BCUT2D eigenvalue weighted by Gasteiger charge is 2.12. The van der Waals surface area contributed by atoms with Crippen molar-refractivity contribution in [1.29, 1.82) is 0 Å². The van der Waals surface area contributed by atoms with Gasteiger partial charge in [0.25, 0.3) is 0 Å². The molecule has 2 rings (SSSR count). The molecule has 1 aromatic carbocycles. The van der Waals surface area contributed by atoms with Crippen LogP contribution in [-0.4, -0.2) is 15.7 Å². The maximum absolute atomic E-state index is 5.57. The van der Waals surface area contributed by atoms with Crippen molar-refractivity contribution in [2.45, 2.75) is 46.7 Å². The molecule has 0 saturated carbocycles. The molecule has 20 heavy (non-hydrogen) atoms. The lowest BCUT2D eigenvalue weighted by atomic mass is 10.1. The van der Waals surface area contributed by atoms with Crippen molar-refractivity contribution < 1.29 is 4.42 Å². The van der Waals surface area contributed by atoms with Gasteiger partial charge in [-0.15, -0.1) is 5.10 Å². The van der Waals surface area contributed by atoms with E-state index in [-0.39, 0.29) is 5.54 Å². The molecule has 0 spiro atoms. The van der Waals surface area contributed by atoms with Crippen LogP contribution in [0.2, 0.25) is 0 Å². The van der Waals surface area contributed by atoms with Crippen LogP contribution >= 0.6 is 0 Å². The summed E-state index contributed by atoms with van der Waals surface area (Å²) in [4.78, 5) is 0. The first-order chi connectivity index (χ1) is 9.33. The summed E-state index contributed by atoms with van der Waals surface area (Å²) < 4.78 is 5.57. The van der Waals surface area contributed by atoms with Crippen LogP contribution in [0.25, 0.3) is 0 Å². The standard InChI is InChI=1S/C15H22N4O/c1-10-6-7-12(11(2)8-10)17-14-19-18-13(20-14)9-16-15(3,4)5/h6-8,16H,9H2,1-5H3,(H,17,19). The van der Waals surface area contributed by atoms with Gasteiger partial charge in [0.2, 0.25) is 5.89 Å². The Morgan fingerprint density at radius 1 is 1.15 bits per heavy atom. The number of nitrogens with zero attached hydrogens (tertiary/aromatic N) is 2. The fourth-order valence-electron chi connectivity index (χ4n) is 1.79. The van der Waals surface area contributed by atoms with Crippen LogP contribution in [0, 0.1) is 13.8 Å². The number of anilines is 2. The lowest BCUT2D eigenvalue weighted by Gasteiger charge is -2.18. The molecule has 2 aromatic rings. The summed E-state index contributed by atoms with van der Waals surface area (Å²) in [5.41, 5.74) is 3.39. The van der Waals surface area contributed by atoms with Crippen molar-refractivity contribution in [2.75, 3.05) is 5.32 Å². The molecule has 0 aliphatic rings. The summed E-state index contributed by atoms with van der Waals surface area (Å²) in [7, 11) is 0. The summed E-state index contributed by atoms with van der Waals surface area (Å²) in [5, 5.41) is 14.5. The van der Waals surface area contributed by atoms with E-state index in [0.29, 0.717) is 18.5 Å². The molecular formula is C15H22N4O. The monoisotopic (exact) mass is 274 g/mol. The van der Waals surface area contributed by atoms with Gasteiger partial charge >= 0.3 is 6.01 Å². The zero-order valence-electron chi connectivity index (χ0n) is 12.7. The van der Waals surface area contributed by atoms with Gasteiger partial charge in [-0.25, -0.2) is 0 Å². The van der Waals surface area contributed by atoms with Crippen LogP contribution in [0.5, 0.6) is 0 Å². The SMILES string of the molecule is Cc1ccc(Nc2nnc(CNC(C)(C)C)o2)c(C)c1. The topological polar surface area (TPSA) is 63.0 Å². The molecule has 0 aliphatic carbocycles. The summed E-state index contributed by atoms with van der Waals surface area (Å²) >= 11 is 0. The van der Waals surface area contributed by atoms with Gasteiger partial charge in [-0.05, 0) is 46.2 Å². The predicted molar refractivity (Wildman–Crippen MR) is 80.1 cm³/mol. The number of aromatic nitrogens is 2. The third kappa shape index (κ3) is 4.06. The van der Waals surface area contributed by atoms with E-state index in [9.17, 15) is 0 Å². The molecular weight excluding hydrogens is 252 g/mol. The van der Waals surface area contributed by atoms with Gasteiger partial charge in [0.1, 0.15) is 0 Å². The molecule has 0 bridgehead atoms. The molecule has 0 fully saturated rings. The first-order valence-electron chi connectivity index (χ1n) is 6.75. The number of aryl methyl sites for hydroxylation is 2. The molecule has 0 aliphatic heterocycles. The predicted octanol–water partition coefficient (Wildman–Crippen LogP) is 3.32. The molecule has 0 radical (unpaired) electrons. The number of benzene rings is 1. The second-order valence-corrected chi connectivity index (χ2v) is 6.05. The number of hydrogen-bond donors (Lipinski definition) is 2. The Bertz CT molecular complexity index is 584. The molecule has 1 aromatic heterocycles. The van der Waals surface area contributed by atoms with Crippen LogP contribution < -0.4 is 10.6 Å². The van der Waals surface area contributed by atoms with Crippen molar-refractivity contribution in [3.8, 4) is 0 Å². The normalized spacial score (nSPS) is 11.7. The van der Waals surface area contributed by atoms with Crippen molar-refractivity contribution in [2.24, 2.45) is 0 Å². The molecule has 5 nitrogen and oxygen atoms in total. The molecule has 5 heteroatoms. The van der Waals surface area contributed by atoms with Crippen molar-refractivity contribution in [1.82, 2.24) is 15.5 Å². The maximum Gasteiger partial charge on any atom is 0.320 e. The smallest absolute Gasteiger partial charge is 0.320 e. The van der Waals surface area contributed by atoms with E-state index in [1.54, 1.807) is 0 Å². The fourth-order valence-corrected chi connectivity index (χ4v) is 1.79. The van der Waals surface area contributed by atoms with Gasteiger partial charge in [-0.3, -0.25) is 0 Å². The van der Waals surface area contributed by atoms with Gasteiger partial charge in [-0.1, -0.05) is 22.8 Å². The average Bonchev–Trinajstić information content (AvgIpc) is 2.77. The third-order valence-electron chi connectivity index (χ3n) is 2.86. The highest BCUT2D eigenvalue weighted by molar-refractivity contribution is 5.57. The fraction of sp³-hybridized carbons (Fsp3) is 0.467. The van der Waals surface area contributed by atoms with Crippen molar-refractivity contribution >= 4 is 11.7 Å². The maximum atomic E-state index is 5.57. The summed E-state index contributed by atoms with van der Waals surface area (Å²) in [6, 6.07) is 6.60. The van der Waals surface area contributed by atoms with E-state index >= 15 is 0 Å². The van der Waals surface area contributed by atoms with Gasteiger partial charge in [0, 0.05) is 11.2 Å². The first kappa shape index (κ1) is 14.5. The van der Waals surface area contributed by atoms with E-state index < -0.39 is 0 Å². The third-order valence-corrected chi connectivity index (χ3v) is 2.86. The van der Waals surface area contributed by atoms with Crippen LogP contribution in [0.3, 0.4) is 0 Å². The Labute approximate surface area is 119 Å². The largest absolute Gasteiger partial charge is 0.406 e. The molecule has 1 heterocycles. The summed E-state index contributed by atoms with van der Waals surface area (Å²) in [5.74, 6) is 0.576. The Hall–Kier alpha value is -1.88. The second kappa shape index (κ2) is 5.63. The first-order valence-corrected chi connectivity index (χ1v) is 6.75. The van der Waals surface area contributed by atoms with Crippen LogP contribution in [-0.2, 0) is 6.54 Å². The highest BCUT2D eigenvalue weighted by Crippen LogP contribution is 2.20. The molecule has 0 atom stereocenters. The zero-order chi connectivity index (χ0) is 14.8. The Balaban J connectivity index is 2.02. The number of nitrogens with one attached hydrogen (secondary N) is 2. The summed E-state index contributed by atoms with van der Waals surface area (Å²) in [6.07, 6.45) is 0. The highest BCUT2D eigenvalue weighted by atomic mass is 16.4. The number of hydrogen-bond acceptors (Lipinski definition) is 5. The van der Waals surface area contributed by atoms with E-state index in [1.807, 2.05) is 19.1 Å². The van der Waals surface area contributed by atoms with E-state index in [0.717, 1.165) is 11.3 Å². The summed E-state index contributed by atoms with van der Waals surface area (Å²) in [6.45, 7) is 11.0. The van der Waals surface area contributed by atoms with Crippen LogP contribution in [0.15, 0.2) is 22.6 Å². The number of rotatable bonds is 4. The minimum absolute atomic E-state index is 0.0234. The van der Waals surface area contributed by atoms with Crippen LogP contribution in [0.4, 0.5) is 11.7 Å². The van der Waals surface area contributed by atoms with Crippen LogP contribution in [0.1, 0.15) is 37.8 Å². The van der Waals surface area contributed by atoms with Crippen molar-refractivity contribution in [3.63, 3.8) is 0 Å². The minimum atomic E-state index is 0.0234. The molecule has 0 amide bonds. The Morgan fingerprint density at radius 2 is 1.90 bits per heavy atom. The Kier molecular flexibility index (Phi) is 4.09. The zero-order valence-corrected chi connectivity index (χ0v) is 12.7. The van der Waals surface area contributed by atoms with Gasteiger partial charge in [0.15, 0.2) is 0 Å². The lowest BCUT2D eigenvalue weighted by molar-refractivity contribution is 0.384. The van der Waals surface area contributed by atoms with Gasteiger partial charge in [0.05, 0.1) is 6.54 Å². The molecule has 2 N–H and O–H groups in total. The van der Waals surface area contributed by atoms with Gasteiger partial charge < -0.3 is 15.1 Å². The minimum Gasteiger partial charge on any atom is -0.406 e. The second-order valence-electron chi connectivity index (χ2n) is 6.05. The lowest BCUT2D eigenvalue weighted by Crippen LogP contribution is -2.35. The van der Waals surface area contributed by atoms with E-state index in [2.05, 4.69) is 54.6 Å².